The molecule has 1 aliphatic heterocycles. The van der Waals surface area contributed by atoms with E-state index >= 15 is 0 Å². The summed E-state index contributed by atoms with van der Waals surface area (Å²) in [5.41, 5.74) is 0.904. The molecule has 34 heavy (non-hydrogen) atoms. The minimum Gasteiger partial charge on any atom is -0.507 e. The average molecular weight is 470 g/mol. The minimum atomic E-state index is -0.840. The predicted molar refractivity (Wildman–Crippen MR) is 127 cm³/mol. The molecule has 1 heterocycles. The van der Waals surface area contributed by atoms with Crippen LogP contribution in [0.1, 0.15) is 31.0 Å². The lowest BCUT2D eigenvalue weighted by Gasteiger charge is -2.26. The summed E-state index contributed by atoms with van der Waals surface area (Å²) < 4.78 is 21.9. The lowest BCUT2D eigenvalue weighted by atomic mass is 9.94. The second-order valence-corrected chi connectivity index (χ2v) is 8.30. The van der Waals surface area contributed by atoms with Crippen LogP contribution in [0.25, 0.3) is 5.76 Å². The van der Waals surface area contributed by atoms with E-state index in [-0.39, 0.29) is 30.4 Å². The normalized spacial score (nSPS) is 17.4. The second-order valence-electron chi connectivity index (χ2n) is 8.30. The minimum absolute atomic E-state index is 0.0226. The molecular weight excluding hydrogens is 438 g/mol. The number of methoxy groups -OCH3 is 3. The average Bonchev–Trinajstić information content (AvgIpc) is 3.10. The number of nitrogens with zero attached hydrogens (tertiary/aromatic N) is 1. The number of ketones is 1. The van der Waals surface area contributed by atoms with E-state index in [2.05, 4.69) is 0 Å². The third kappa shape index (κ3) is 5.02. The Balaban J connectivity index is 2.19. The highest BCUT2D eigenvalue weighted by atomic mass is 16.5. The van der Waals surface area contributed by atoms with Gasteiger partial charge in [0.1, 0.15) is 11.5 Å². The van der Waals surface area contributed by atoms with E-state index in [0.717, 1.165) is 0 Å². The molecule has 1 N–H and O–H groups in total. The topological polar surface area (TPSA) is 94.5 Å². The summed E-state index contributed by atoms with van der Waals surface area (Å²) in [6.45, 7) is 4.92. The van der Waals surface area contributed by atoms with E-state index in [1.807, 2.05) is 13.8 Å². The molecule has 0 aliphatic carbocycles. The van der Waals surface area contributed by atoms with E-state index in [1.165, 1.54) is 19.1 Å². The van der Waals surface area contributed by atoms with Crippen LogP contribution in [0.3, 0.4) is 0 Å². The Morgan fingerprint density at radius 2 is 1.71 bits per heavy atom. The van der Waals surface area contributed by atoms with Crippen molar-refractivity contribution in [1.29, 1.82) is 0 Å². The molecule has 1 atom stereocenters. The molecule has 2 aromatic carbocycles. The number of carbonyl (C=O) groups is 2. The fourth-order valence-corrected chi connectivity index (χ4v) is 3.86. The monoisotopic (exact) mass is 469 g/mol. The Bertz CT molecular complexity index is 1080. The molecule has 0 aromatic heterocycles. The summed E-state index contributed by atoms with van der Waals surface area (Å²) in [5, 5.41) is 11.3. The fourth-order valence-electron chi connectivity index (χ4n) is 3.86. The van der Waals surface area contributed by atoms with Crippen molar-refractivity contribution in [3.8, 4) is 17.2 Å². The van der Waals surface area contributed by atoms with Gasteiger partial charge < -0.3 is 29.0 Å². The number of aliphatic hydroxyl groups is 1. The van der Waals surface area contributed by atoms with Crippen LogP contribution in [0.15, 0.2) is 48.0 Å². The Labute approximate surface area is 199 Å². The molecule has 0 bridgehead atoms. The first-order valence-electron chi connectivity index (χ1n) is 11.1. The zero-order valence-electron chi connectivity index (χ0n) is 20.2. The van der Waals surface area contributed by atoms with E-state index in [4.69, 9.17) is 18.9 Å². The molecule has 1 saturated heterocycles. The number of likely N-dealkylation sites (tertiary alicyclic amines) is 1. The standard InChI is InChI=1S/C26H31NO7/c1-16(2)15-34-21-14-17(10-11-20(21)33-5)23-22(25(29)26(30)27(23)12-13-31-3)24(28)18-8-6-7-9-19(18)32-4/h6-11,14,16,23,28H,12-13,15H2,1-5H3/b24-22-. The molecule has 1 fully saturated rings. The van der Waals surface area contributed by atoms with Crippen LogP contribution < -0.4 is 14.2 Å². The van der Waals surface area contributed by atoms with Gasteiger partial charge in [-0.3, -0.25) is 9.59 Å². The highest BCUT2D eigenvalue weighted by Gasteiger charge is 2.46. The third-order valence-electron chi connectivity index (χ3n) is 5.51. The number of benzene rings is 2. The van der Waals surface area contributed by atoms with Gasteiger partial charge in [0.15, 0.2) is 11.5 Å². The number of rotatable bonds is 10. The number of para-hydroxylation sites is 1. The Kier molecular flexibility index (Phi) is 8.17. The van der Waals surface area contributed by atoms with Gasteiger partial charge in [0.25, 0.3) is 11.7 Å². The van der Waals surface area contributed by atoms with Crippen molar-refractivity contribution in [1.82, 2.24) is 4.90 Å². The summed E-state index contributed by atoms with van der Waals surface area (Å²) in [5.74, 6) is -0.0970. The number of hydrogen-bond donors (Lipinski definition) is 1. The van der Waals surface area contributed by atoms with Crippen LogP contribution in [-0.2, 0) is 14.3 Å². The van der Waals surface area contributed by atoms with Crippen LogP contribution in [-0.4, -0.2) is 62.8 Å². The molecule has 182 valence electrons. The van der Waals surface area contributed by atoms with Crippen LogP contribution in [0.4, 0.5) is 0 Å². The van der Waals surface area contributed by atoms with Gasteiger partial charge in [-0.15, -0.1) is 0 Å². The second kappa shape index (κ2) is 11.1. The van der Waals surface area contributed by atoms with Crippen molar-refractivity contribution in [2.45, 2.75) is 19.9 Å². The molecule has 8 nitrogen and oxygen atoms in total. The zero-order chi connectivity index (χ0) is 24.8. The summed E-state index contributed by atoms with van der Waals surface area (Å²) >= 11 is 0. The Morgan fingerprint density at radius 1 is 1.00 bits per heavy atom. The predicted octanol–water partition coefficient (Wildman–Crippen LogP) is 3.81. The summed E-state index contributed by atoms with van der Waals surface area (Å²) in [7, 11) is 4.54. The van der Waals surface area contributed by atoms with Gasteiger partial charge in [0.05, 0.1) is 44.6 Å². The third-order valence-corrected chi connectivity index (χ3v) is 5.51. The lowest BCUT2D eigenvalue weighted by Crippen LogP contribution is -2.32. The summed E-state index contributed by atoms with van der Waals surface area (Å²) in [6.07, 6.45) is 0. The van der Waals surface area contributed by atoms with Crippen molar-refractivity contribution in [2.75, 3.05) is 41.1 Å². The van der Waals surface area contributed by atoms with E-state index < -0.39 is 17.7 Å². The van der Waals surface area contributed by atoms with Gasteiger partial charge >= 0.3 is 0 Å². The van der Waals surface area contributed by atoms with E-state index in [9.17, 15) is 14.7 Å². The van der Waals surface area contributed by atoms with Crippen molar-refractivity contribution in [3.63, 3.8) is 0 Å². The van der Waals surface area contributed by atoms with Crippen molar-refractivity contribution < 1.29 is 33.6 Å². The van der Waals surface area contributed by atoms with Crippen LogP contribution >= 0.6 is 0 Å². The Hall–Kier alpha value is -3.52. The number of hydrogen-bond acceptors (Lipinski definition) is 7. The van der Waals surface area contributed by atoms with Gasteiger partial charge in [-0.05, 0) is 35.7 Å². The molecular formula is C26H31NO7. The molecule has 8 heteroatoms. The van der Waals surface area contributed by atoms with Gasteiger partial charge in [-0.2, -0.15) is 0 Å². The molecule has 0 spiro atoms. The highest BCUT2D eigenvalue weighted by molar-refractivity contribution is 6.46. The molecule has 2 aromatic rings. The van der Waals surface area contributed by atoms with Crippen LogP contribution in [0.5, 0.6) is 17.2 Å². The number of Topliss-reactive ketones (excluding diaryl/α,β-unsaturated/α-hetero) is 1. The summed E-state index contributed by atoms with van der Waals surface area (Å²) in [4.78, 5) is 27.6. The fraction of sp³-hybridized carbons (Fsp3) is 0.385. The number of ether oxygens (including phenoxy) is 4. The van der Waals surface area contributed by atoms with Gasteiger partial charge in [-0.1, -0.05) is 32.0 Å². The van der Waals surface area contributed by atoms with Crippen LogP contribution in [0, 0.1) is 5.92 Å². The summed E-state index contributed by atoms with van der Waals surface area (Å²) in [6, 6.07) is 11.2. The quantitative estimate of drug-likeness (QED) is 0.321. The van der Waals surface area contributed by atoms with E-state index in [1.54, 1.807) is 49.6 Å². The maximum atomic E-state index is 13.2. The zero-order valence-corrected chi connectivity index (χ0v) is 20.2. The number of aliphatic hydroxyl groups excluding tert-OH is 1. The molecule has 0 saturated carbocycles. The first-order valence-corrected chi connectivity index (χ1v) is 11.1. The maximum Gasteiger partial charge on any atom is 0.295 e. The van der Waals surface area contributed by atoms with Gasteiger partial charge in [0.2, 0.25) is 0 Å². The Morgan fingerprint density at radius 3 is 2.35 bits per heavy atom. The lowest BCUT2D eigenvalue weighted by molar-refractivity contribution is -0.140. The van der Waals surface area contributed by atoms with E-state index in [0.29, 0.717) is 35.0 Å². The molecule has 1 aliphatic rings. The highest BCUT2D eigenvalue weighted by Crippen LogP contribution is 2.43. The largest absolute Gasteiger partial charge is 0.507 e. The smallest absolute Gasteiger partial charge is 0.295 e. The SMILES string of the molecule is COCCN1C(=O)C(=O)/C(=C(\O)c2ccccc2OC)C1c1ccc(OC)c(OCC(C)C)c1. The molecule has 0 radical (unpaired) electrons. The first-order chi connectivity index (χ1) is 16.3. The molecule has 3 rings (SSSR count). The van der Waals surface area contributed by atoms with Crippen molar-refractivity contribution >= 4 is 17.4 Å². The van der Waals surface area contributed by atoms with Crippen molar-refractivity contribution in [3.05, 3.63) is 59.2 Å². The molecule has 1 amide bonds. The van der Waals surface area contributed by atoms with Crippen LogP contribution in [0.2, 0.25) is 0 Å². The number of amides is 1. The van der Waals surface area contributed by atoms with Gasteiger partial charge in [0, 0.05) is 13.7 Å². The number of carbonyl (C=O) groups excluding carboxylic acids is 2. The molecule has 1 unspecified atom stereocenters. The van der Waals surface area contributed by atoms with Crippen molar-refractivity contribution in [2.24, 2.45) is 5.92 Å². The van der Waals surface area contributed by atoms with Gasteiger partial charge in [-0.25, -0.2) is 0 Å². The first kappa shape index (κ1) is 25.1. The maximum absolute atomic E-state index is 13.2.